The molecule has 3 N–H and O–H groups in total. The highest BCUT2D eigenvalue weighted by Crippen LogP contribution is 2.12. The van der Waals surface area contributed by atoms with Crippen molar-refractivity contribution in [3.63, 3.8) is 0 Å². The maximum absolute atomic E-state index is 10.2. The number of aromatic amines is 1. The van der Waals surface area contributed by atoms with E-state index in [1.807, 2.05) is 43.5 Å². The lowest BCUT2D eigenvalue weighted by Gasteiger charge is -2.29. The summed E-state index contributed by atoms with van der Waals surface area (Å²) >= 11 is 0. The first kappa shape index (κ1) is 16.7. The Labute approximate surface area is 143 Å². The van der Waals surface area contributed by atoms with Crippen molar-refractivity contribution in [1.29, 1.82) is 0 Å². The lowest BCUT2D eigenvalue weighted by atomic mass is 10.2. The molecule has 1 aliphatic rings. The fourth-order valence-corrected chi connectivity index (χ4v) is 3.14. The van der Waals surface area contributed by atoms with E-state index in [0.29, 0.717) is 6.61 Å². The minimum Gasteiger partial charge on any atom is -0.491 e. The Bertz CT molecular complexity index is 628. The van der Waals surface area contributed by atoms with E-state index in [2.05, 4.69) is 22.0 Å². The van der Waals surface area contributed by atoms with Gasteiger partial charge in [-0.1, -0.05) is 18.2 Å². The van der Waals surface area contributed by atoms with E-state index in [0.717, 1.165) is 38.5 Å². The van der Waals surface area contributed by atoms with Crippen LogP contribution in [0.4, 0.5) is 5.82 Å². The Balaban J connectivity index is 1.41. The number of hydrogen-bond acceptors (Lipinski definition) is 3. The molecular formula is C19H27N3O2+2. The van der Waals surface area contributed by atoms with Gasteiger partial charge in [-0.3, -0.25) is 4.90 Å². The molecule has 128 valence electrons. The SMILES string of the molecule is Cc1cccc(OC[C@H](O)C[NH+]2CCN(c3cccc[nH+]3)CC2)c1. The molecule has 5 nitrogen and oxygen atoms in total. The third-order valence-electron chi connectivity index (χ3n) is 4.46. The number of aliphatic hydroxyl groups is 1. The molecule has 0 spiro atoms. The highest BCUT2D eigenvalue weighted by atomic mass is 16.5. The standard InChI is InChI=1S/C19H25N3O2/c1-16-5-4-6-18(13-16)24-15-17(23)14-21-9-11-22(12-10-21)19-7-2-3-8-20-19/h2-8,13,17,23H,9-12,14-15H2,1H3/p+2/t17-/m1/s1. The molecule has 2 heterocycles. The van der Waals surface area contributed by atoms with E-state index in [-0.39, 0.29) is 0 Å². The number of aliphatic hydroxyl groups excluding tert-OH is 1. The fraction of sp³-hybridized carbons (Fsp3) is 0.421. The Morgan fingerprint density at radius 3 is 2.75 bits per heavy atom. The number of pyridine rings is 1. The second-order valence-corrected chi connectivity index (χ2v) is 6.47. The number of anilines is 1. The summed E-state index contributed by atoms with van der Waals surface area (Å²) in [6.45, 7) is 7.19. The van der Waals surface area contributed by atoms with Crippen molar-refractivity contribution in [3.8, 4) is 5.75 Å². The van der Waals surface area contributed by atoms with Gasteiger partial charge in [0, 0.05) is 6.07 Å². The highest BCUT2D eigenvalue weighted by Gasteiger charge is 2.27. The van der Waals surface area contributed by atoms with Crippen molar-refractivity contribution in [1.82, 2.24) is 0 Å². The number of aromatic nitrogens is 1. The highest BCUT2D eigenvalue weighted by molar-refractivity contribution is 5.32. The summed E-state index contributed by atoms with van der Waals surface area (Å²) in [5, 5.41) is 10.2. The van der Waals surface area contributed by atoms with E-state index >= 15 is 0 Å². The molecule has 1 saturated heterocycles. The van der Waals surface area contributed by atoms with E-state index in [1.54, 1.807) is 0 Å². The second kappa shape index (κ2) is 8.13. The van der Waals surface area contributed by atoms with Crippen LogP contribution in [0.15, 0.2) is 48.7 Å². The van der Waals surface area contributed by atoms with Crippen molar-refractivity contribution >= 4 is 5.82 Å². The molecule has 24 heavy (non-hydrogen) atoms. The van der Waals surface area contributed by atoms with E-state index in [1.165, 1.54) is 16.3 Å². The Morgan fingerprint density at radius 2 is 2.04 bits per heavy atom. The molecule has 5 heteroatoms. The van der Waals surface area contributed by atoms with E-state index in [9.17, 15) is 5.11 Å². The fourth-order valence-electron chi connectivity index (χ4n) is 3.14. The molecule has 1 aliphatic heterocycles. The van der Waals surface area contributed by atoms with Gasteiger partial charge in [-0.15, -0.1) is 0 Å². The molecule has 3 rings (SSSR count). The summed E-state index contributed by atoms with van der Waals surface area (Å²) in [6, 6.07) is 14.1. The third kappa shape index (κ3) is 4.69. The zero-order valence-corrected chi connectivity index (χ0v) is 14.2. The third-order valence-corrected chi connectivity index (χ3v) is 4.46. The average Bonchev–Trinajstić information content (AvgIpc) is 2.61. The van der Waals surface area contributed by atoms with Crippen molar-refractivity contribution in [3.05, 3.63) is 54.2 Å². The minimum atomic E-state index is -0.435. The van der Waals surface area contributed by atoms with Crippen molar-refractivity contribution in [2.75, 3.05) is 44.2 Å². The predicted molar refractivity (Wildman–Crippen MR) is 93.5 cm³/mol. The maximum Gasteiger partial charge on any atom is 0.274 e. The van der Waals surface area contributed by atoms with Crippen LogP contribution in [0, 0.1) is 6.92 Å². The van der Waals surface area contributed by atoms with Gasteiger partial charge in [0.1, 0.15) is 51.2 Å². The number of quaternary nitrogens is 1. The molecule has 0 amide bonds. The van der Waals surface area contributed by atoms with Crippen LogP contribution in [-0.2, 0) is 0 Å². The molecular weight excluding hydrogens is 302 g/mol. The van der Waals surface area contributed by atoms with Crippen LogP contribution < -0.4 is 19.5 Å². The molecule has 1 aromatic heterocycles. The monoisotopic (exact) mass is 329 g/mol. The van der Waals surface area contributed by atoms with Gasteiger partial charge in [-0.25, -0.2) is 4.98 Å². The number of rotatable bonds is 6. The number of piperazine rings is 1. The predicted octanol–water partition coefficient (Wildman–Crippen LogP) is -0.0461. The van der Waals surface area contributed by atoms with Gasteiger partial charge in [-0.05, 0) is 30.7 Å². The van der Waals surface area contributed by atoms with Crippen LogP contribution in [-0.4, -0.2) is 50.5 Å². The minimum absolute atomic E-state index is 0.350. The van der Waals surface area contributed by atoms with Crippen LogP contribution in [0.25, 0.3) is 0 Å². The van der Waals surface area contributed by atoms with Gasteiger partial charge >= 0.3 is 0 Å². The zero-order valence-electron chi connectivity index (χ0n) is 14.2. The lowest BCUT2D eigenvalue weighted by molar-refractivity contribution is -0.903. The molecule has 0 saturated carbocycles. The Morgan fingerprint density at radius 1 is 1.21 bits per heavy atom. The van der Waals surface area contributed by atoms with Crippen LogP contribution in [0.2, 0.25) is 0 Å². The number of H-pyrrole nitrogens is 1. The van der Waals surface area contributed by atoms with E-state index in [4.69, 9.17) is 4.74 Å². The molecule has 0 bridgehead atoms. The van der Waals surface area contributed by atoms with Crippen molar-refractivity contribution in [2.24, 2.45) is 0 Å². The number of hydrogen-bond donors (Lipinski definition) is 2. The molecule has 2 aromatic rings. The van der Waals surface area contributed by atoms with Gasteiger partial charge < -0.3 is 14.7 Å². The summed E-state index contributed by atoms with van der Waals surface area (Å²) in [6.07, 6.45) is 1.52. The summed E-state index contributed by atoms with van der Waals surface area (Å²) < 4.78 is 5.70. The first-order valence-corrected chi connectivity index (χ1v) is 8.63. The summed E-state index contributed by atoms with van der Waals surface area (Å²) in [4.78, 5) is 7.08. The number of nitrogens with zero attached hydrogens (tertiary/aromatic N) is 1. The van der Waals surface area contributed by atoms with Gasteiger partial charge in [0.2, 0.25) is 0 Å². The smallest absolute Gasteiger partial charge is 0.274 e. The topological polar surface area (TPSA) is 51.3 Å². The normalized spacial score (nSPS) is 16.8. The van der Waals surface area contributed by atoms with Crippen molar-refractivity contribution in [2.45, 2.75) is 13.0 Å². The Kier molecular flexibility index (Phi) is 5.67. The Hall–Kier alpha value is -2.11. The number of benzene rings is 1. The van der Waals surface area contributed by atoms with Gasteiger partial charge in [0.05, 0.1) is 6.20 Å². The quantitative estimate of drug-likeness (QED) is 0.782. The summed E-state index contributed by atoms with van der Waals surface area (Å²) in [7, 11) is 0. The first-order chi connectivity index (χ1) is 11.7. The molecule has 1 atom stereocenters. The summed E-state index contributed by atoms with van der Waals surface area (Å²) in [5.74, 6) is 1.99. The molecule has 1 aromatic carbocycles. The number of aryl methyl sites for hydroxylation is 1. The first-order valence-electron chi connectivity index (χ1n) is 8.63. The van der Waals surface area contributed by atoms with Crippen molar-refractivity contribution < 1.29 is 19.7 Å². The molecule has 0 radical (unpaired) electrons. The van der Waals surface area contributed by atoms with Gasteiger partial charge in [-0.2, -0.15) is 0 Å². The van der Waals surface area contributed by atoms with Gasteiger partial charge in [0.15, 0.2) is 0 Å². The second-order valence-electron chi connectivity index (χ2n) is 6.47. The number of ether oxygens (including phenoxy) is 1. The largest absolute Gasteiger partial charge is 0.491 e. The van der Waals surface area contributed by atoms with E-state index < -0.39 is 6.10 Å². The zero-order chi connectivity index (χ0) is 16.8. The van der Waals surface area contributed by atoms with Crippen LogP contribution in [0.5, 0.6) is 5.75 Å². The van der Waals surface area contributed by atoms with Crippen LogP contribution in [0.1, 0.15) is 5.56 Å². The number of nitrogens with one attached hydrogen (secondary N) is 2. The molecule has 0 unspecified atom stereocenters. The van der Waals surface area contributed by atoms with Crippen LogP contribution >= 0.6 is 0 Å². The summed E-state index contributed by atoms with van der Waals surface area (Å²) in [5.41, 5.74) is 1.17. The van der Waals surface area contributed by atoms with Crippen LogP contribution in [0.3, 0.4) is 0 Å². The average molecular weight is 329 g/mol. The van der Waals surface area contributed by atoms with Gasteiger partial charge in [0.25, 0.3) is 5.82 Å². The molecule has 1 fully saturated rings. The molecule has 0 aliphatic carbocycles. The maximum atomic E-state index is 10.2. The lowest BCUT2D eigenvalue weighted by Crippen LogP contribution is -3.16.